The van der Waals surface area contributed by atoms with Gasteiger partial charge in [0.05, 0.1) is 6.10 Å². The molecule has 0 amide bonds. The van der Waals surface area contributed by atoms with Crippen molar-refractivity contribution >= 4 is 0 Å². The zero-order chi connectivity index (χ0) is 17.6. The Hall–Kier alpha value is -1.68. The minimum atomic E-state index is -0.335. The van der Waals surface area contributed by atoms with Gasteiger partial charge in [0, 0.05) is 31.2 Å². The smallest absolute Gasteiger partial charge is 0.0820 e. The summed E-state index contributed by atoms with van der Waals surface area (Å²) in [4.78, 5) is 2.44. The van der Waals surface area contributed by atoms with Crippen molar-refractivity contribution in [1.29, 1.82) is 0 Å². The molecular weight excluding hydrogens is 308 g/mol. The molecule has 1 heterocycles. The summed E-state index contributed by atoms with van der Waals surface area (Å²) in [6, 6.07) is 21.9. The number of rotatable bonds is 6. The molecule has 25 heavy (non-hydrogen) atoms. The fourth-order valence-electron chi connectivity index (χ4n) is 3.97. The minimum Gasteiger partial charge on any atom is -0.390 e. The predicted molar refractivity (Wildman–Crippen MR) is 103 cm³/mol. The Morgan fingerprint density at radius 1 is 1.04 bits per heavy atom. The van der Waals surface area contributed by atoms with Gasteiger partial charge < -0.3 is 10.4 Å². The third kappa shape index (κ3) is 4.49. The summed E-state index contributed by atoms with van der Waals surface area (Å²) in [6.45, 7) is 6.15. The summed E-state index contributed by atoms with van der Waals surface area (Å²) in [6.07, 6.45) is 1.70. The zero-order valence-corrected chi connectivity index (χ0v) is 15.3. The molecule has 4 atom stereocenters. The molecule has 0 bridgehead atoms. The van der Waals surface area contributed by atoms with Gasteiger partial charge in [-0.05, 0) is 30.9 Å². The first-order valence-electron chi connectivity index (χ1n) is 9.47. The van der Waals surface area contributed by atoms with Crippen molar-refractivity contribution in [3.63, 3.8) is 0 Å². The van der Waals surface area contributed by atoms with E-state index in [0.29, 0.717) is 6.04 Å². The van der Waals surface area contributed by atoms with E-state index in [9.17, 15) is 5.11 Å². The van der Waals surface area contributed by atoms with E-state index in [1.807, 2.05) is 6.07 Å². The third-order valence-electron chi connectivity index (χ3n) is 5.39. The van der Waals surface area contributed by atoms with Crippen LogP contribution in [0.3, 0.4) is 0 Å². The van der Waals surface area contributed by atoms with Crippen LogP contribution in [0.25, 0.3) is 0 Å². The maximum atomic E-state index is 10.7. The first-order chi connectivity index (χ1) is 12.2. The second kappa shape index (κ2) is 8.61. The van der Waals surface area contributed by atoms with Crippen LogP contribution in [0.5, 0.6) is 0 Å². The quantitative estimate of drug-likeness (QED) is 0.838. The number of nitrogens with zero attached hydrogens (tertiary/aromatic N) is 1. The number of piperidine rings is 1. The molecule has 3 heteroatoms. The summed E-state index contributed by atoms with van der Waals surface area (Å²) in [5, 5.41) is 14.3. The highest BCUT2D eigenvalue weighted by atomic mass is 16.3. The molecule has 0 aliphatic carbocycles. The Balaban J connectivity index is 1.60. The molecule has 0 radical (unpaired) electrons. The van der Waals surface area contributed by atoms with Gasteiger partial charge >= 0.3 is 0 Å². The average molecular weight is 338 g/mol. The van der Waals surface area contributed by atoms with Gasteiger partial charge in [0.25, 0.3) is 0 Å². The van der Waals surface area contributed by atoms with Crippen molar-refractivity contribution < 1.29 is 5.11 Å². The van der Waals surface area contributed by atoms with E-state index in [2.05, 4.69) is 78.7 Å². The Morgan fingerprint density at radius 3 is 2.20 bits per heavy atom. The zero-order valence-electron chi connectivity index (χ0n) is 15.3. The van der Waals surface area contributed by atoms with Crippen molar-refractivity contribution in [2.45, 2.75) is 50.9 Å². The molecule has 0 spiro atoms. The van der Waals surface area contributed by atoms with Crippen LogP contribution in [-0.2, 0) is 0 Å². The monoisotopic (exact) mass is 338 g/mol. The summed E-state index contributed by atoms with van der Waals surface area (Å²) in [7, 11) is 0. The first kappa shape index (κ1) is 18.1. The normalized spacial score (nSPS) is 24.0. The molecule has 134 valence electrons. The highest BCUT2D eigenvalue weighted by Gasteiger charge is 2.32. The van der Waals surface area contributed by atoms with Crippen molar-refractivity contribution in [1.82, 2.24) is 10.2 Å². The lowest BCUT2D eigenvalue weighted by Crippen LogP contribution is -2.53. The number of benzene rings is 2. The molecule has 4 unspecified atom stereocenters. The highest BCUT2D eigenvalue weighted by Crippen LogP contribution is 2.28. The molecule has 2 aromatic carbocycles. The van der Waals surface area contributed by atoms with Gasteiger partial charge in [0.1, 0.15) is 0 Å². The SMILES string of the molecule is CCC(c1ccccc1)N1CCC(NC(C)c2ccccc2)C(O)C1. The molecule has 1 fully saturated rings. The van der Waals surface area contributed by atoms with Gasteiger partial charge in [-0.15, -0.1) is 0 Å². The fourth-order valence-corrected chi connectivity index (χ4v) is 3.97. The molecule has 2 aromatic rings. The third-order valence-corrected chi connectivity index (χ3v) is 5.39. The van der Waals surface area contributed by atoms with Gasteiger partial charge in [-0.3, -0.25) is 4.90 Å². The maximum absolute atomic E-state index is 10.7. The number of likely N-dealkylation sites (tertiary alicyclic amines) is 1. The van der Waals surface area contributed by atoms with Gasteiger partial charge in [-0.1, -0.05) is 67.6 Å². The van der Waals surface area contributed by atoms with Crippen molar-refractivity contribution in [2.75, 3.05) is 13.1 Å². The van der Waals surface area contributed by atoms with E-state index < -0.39 is 0 Å². The standard InChI is InChI=1S/C22H30N2O/c1-3-21(19-12-8-5-9-13-19)24-15-14-20(22(25)16-24)23-17(2)18-10-6-4-7-11-18/h4-13,17,20-23,25H,3,14-16H2,1-2H3. The number of hydrogen-bond donors (Lipinski definition) is 2. The van der Waals surface area contributed by atoms with Gasteiger partial charge in [-0.2, -0.15) is 0 Å². The van der Waals surface area contributed by atoms with E-state index >= 15 is 0 Å². The van der Waals surface area contributed by atoms with Gasteiger partial charge in [-0.25, -0.2) is 0 Å². The van der Waals surface area contributed by atoms with Gasteiger partial charge in [0.2, 0.25) is 0 Å². The molecule has 3 nitrogen and oxygen atoms in total. The highest BCUT2D eigenvalue weighted by molar-refractivity contribution is 5.20. The summed E-state index contributed by atoms with van der Waals surface area (Å²) in [5.74, 6) is 0. The van der Waals surface area contributed by atoms with Gasteiger partial charge in [0.15, 0.2) is 0 Å². The molecule has 0 saturated carbocycles. The Kier molecular flexibility index (Phi) is 6.24. The van der Waals surface area contributed by atoms with Crippen LogP contribution < -0.4 is 5.32 Å². The van der Waals surface area contributed by atoms with Crippen LogP contribution in [0.15, 0.2) is 60.7 Å². The summed E-state index contributed by atoms with van der Waals surface area (Å²) >= 11 is 0. The lowest BCUT2D eigenvalue weighted by molar-refractivity contribution is 0.0161. The van der Waals surface area contributed by atoms with Crippen LogP contribution in [0.4, 0.5) is 0 Å². The van der Waals surface area contributed by atoms with E-state index in [1.165, 1.54) is 11.1 Å². The average Bonchev–Trinajstić information content (AvgIpc) is 2.66. The van der Waals surface area contributed by atoms with Crippen molar-refractivity contribution in [3.05, 3.63) is 71.8 Å². The molecule has 3 rings (SSSR count). The minimum absolute atomic E-state index is 0.153. The molecule has 1 saturated heterocycles. The van der Waals surface area contributed by atoms with E-state index in [0.717, 1.165) is 25.9 Å². The molecule has 2 N–H and O–H groups in total. The lowest BCUT2D eigenvalue weighted by Gasteiger charge is -2.41. The first-order valence-corrected chi connectivity index (χ1v) is 9.47. The van der Waals surface area contributed by atoms with Crippen LogP contribution in [0.2, 0.25) is 0 Å². The molecule has 1 aliphatic heterocycles. The van der Waals surface area contributed by atoms with Crippen LogP contribution in [0.1, 0.15) is 49.9 Å². The van der Waals surface area contributed by atoms with E-state index in [1.54, 1.807) is 0 Å². The number of aliphatic hydroxyl groups excluding tert-OH is 1. The summed E-state index contributed by atoms with van der Waals surface area (Å²) in [5.41, 5.74) is 2.62. The molecule has 1 aliphatic rings. The van der Waals surface area contributed by atoms with E-state index in [4.69, 9.17) is 0 Å². The van der Waals surface area contributed by atoms with Crippen LogP contribution in [0, 0.1) is 0 Å². The number of aliphatic hydroxyl groups is 1. The van der Waals surface area contributed by atoms with Crippen molar-refractivity contribution in [3.8, 4) is 0 Å². The number of nitrogens with one attached hydrogen (secondary N) is 1. The topological polar surface area (TPSA) is 35.5 Å². The maximum Gasteiger partial charge on any atom is 0.0820 e. The number of β-amino-alcohol motifs (C(OH)–C–C–N with tert-alkyl or cyclic N) is 1. The summed E-state index contributed by atoms with van der Waals surface area (Å²) < 4.78 is 0. The second-order valence-corrected chi connectivity index (χ2v) is 7.09. The number of hydrogen-bond acceptors (Lipinski definition) is 3. The largest absolute Gasteiger partial charge is 0.390 e. The Labute approximate surface area is 151 Å². The Morgan fingerprint density at radius 2 is 1.64 bits per heavy atom. The van der Waals surface area contributed by atoms with Crippen LogP contribution in [-0.4, -0.2) is 35.2 Å². The second-order valence-electron chi connectivity index (χ2n) is 7.09. The fraction of sp³-hybridized carbons (Fsp3) is 0.455. The Bertz CT molecular complexity index is 631. The van der Waals surface area contributed by atoms with Crippen LogP contribution >= 0.6 is 0 Å². The predicted octanol–water partition coefficient (Wildman–Crippen LogP) is 3.92. The molecular formula is C22H30N2O. The van der Waals surface area contributed by atoms with E-state index in [-0.39, 0.29) is 18.2 Å². The lowest BCUT2D eigenvalue weighted by atomic mass is 9.95. The van der Waals surface area contributed by atoms with Crippen molar-refractivity contribution in [2.24, 2.45) is 0 Å². The molecule has 0 aromatic heterocycles.